The molecule has 0 amide bonds. The summed E-state index contributed by atoms with van der Waals surface area (Å²) in [5.74, 6) is 0. The van der Waals surface area contributed by atoms with E-state index >= 15 is 0 Å². The van der Waals surface area contributed by atoms with Crippen LogP contribution in [-0.2, 0) is 13.9 Å². The summed E-state index contributed by atoms with van der Waals surface area (Å²) in [6.45, 7) is 13.2. The third kappa shape index (κ3) is 4.67. The molecule has 118 valence electrons. The lowest BCUT2D eigenvalue weighted by molar-refractivity contribution is -0.164. The first kappa shape index (κ1) is 17.8. The summed E-state index contributed by atoms with van der Waals surface area (Å²) < 4.78 is 17.2. The van der Waals surface area contributed by atoms with E-state index in [4.69, 9.17) is 13.9 Å². The number of hydrogen-bond donors (Lipinski definition) is 1. The molecule has 0 fully saturated rings. The van der Waals surface area contributed by atoms with Crippen LogP contribution in [0.5, 0.6) is 0 Å². The maximum atomic E-state index is 9.98. The van der Waals surface area contributed by atoms with Gasteiger partial charge in [0.05, 0.1) is 12.2 Å². The molecule has 4 atom stereocenters. The van der Waals surface area contributed by atoms with Gasteiger partial charge in [0.1, 0.15) is 0 Å². The van der Waals surface area contributed by atoms with Gasteiger partial charge in [-0.25, -0.2) is 0 Å². The van der Waals surface area contributed by atoms with Crippen LogP contribution in [0.2, 0.25) is 18.1 Å². The molecule has 1 N–H and O–H groups in total. The second kappa shape index (κ2) is 6.71. The standard InChI is InChI=1S/C15H30O4Si/c1-11(19-20(6,7)15(2,3)4)10-13-12(16)8-9-14(17-5)18-13/h8-9,11-14,16H,10H2,1-7H3/t11-,12-,13-,14?/m0/s1. The predicted molar refractivity (Wildman–Crippen MR) is 83.2 cm³/mol. The molecule has 5 heteroatoms. The number of methoxy groups -OCH3 is 1. The van der Waals surface area contributed by atoms with Crippen LogP contribution in [0.15, 0.2) is 12.2 Å². The fourth-order valence-corrected chi connectivity index (χ4v) is 3.47. The van der Waals surface area contributed by atoms with Gasteiger partial charge in [-0.3, -0.25) is 0 Å². The number of ether oxygens (including phenoxy) is 2. The first-order valence-electron chi connectivity index (χ1n) is 7.29. The summed E-state index contributed by atoms with van der Waals surface area (Å²) in [5.41, 5.74) is 0. The smallest absolute Gasteiger partial charge is 0.192 e. The van der Waals surface area contributed by atoms with Crippen molar-refractivity contribution in [1.29, 1.82) is 0 Å². The van der Waals surface area contributed by atoms with Crippen molar-refractivity contribution >= 4 is 8.32 Å². The van der Waals surface area contributed by atoms with Gasteiger partial charge in [-0.2, -0.15) is 0 Å². The molecule has 4 nitrogen and oxygen atoms in total. The Morgan fingerprint density at radius 3 is 2.40 bits per heavy atom. The third-order valence-electron chi connectivity index (χ3n) is 4.25. The highest BCUT2D eigenvalue weighted by Gasteiger charge is 2.39. The minimum atomic E-state index is -1.79. The fraction of sp³-hybridized carbons (Fsp3) is 0.867. The normalized spacial score (nSPS) is 29.5. The van der Waals surface area contributed by atoms with Crippen molar-refractivity contribution in [3.8, 4) is 0 Å². The number of rotatable bonds is 5. The van der Waals surface area contributed by atoms with Gasteiger partial charge < -0.3 is 19.0 Å². The van der Waals surface area contributed by atoms with Gasteiger partial charge in [0.25, 0.3) is 0 Å². The molecule has 0 aromatic carbocycles. The van der Waals surface area contributed by atoms with Crippen LogP contribution in [0.1, 0.15) is 34.1 Å². The van der Waals surface area contributed by atoms with Crippen LogP contribution >= 0.6 is 0 Å². The van der Waals surface area contributed by atoms with Gasteiger partial charge in [-0.15, -0.1) is 0 Å². The van der Waals surface area contributed by atoms with Gasteiger partial charge in [0.2, 0.25) is 0 Å². The highest BCUT2D eigenvalue weighted by Crippen LogP contribution is 2.37. The molecule has 0 bridgehead atoms. The highest BCUT2D eigenvalue weighted by atomic mass is 28.4. The van der Waals surface area contributed by atoms with Crippen molar-refractivity contribution in [1.82, 2.24) is 0 Å². The van der Waals surface area contributed by atoms with Crippen LogP contribution in [0, 0.1) is 0 Å². The average molecular weight is 302 g/mol. The molecule has 1 aliphatic rings. The molecule has 0 spiro atoms. The number of aliphatic hydroxyl groups excluding tert-OH is 1. The zero-order valence-electron chi connectivity index (χ0n) is 13.8. The summed E-state index contributed by atoms with van der Waals surface area (Å²) in [5, 5.41) is 10.2. The Labute approximate surface area is 124 Å². The fourth-order valence-electron chi connectivity index (χ4n) is 2.01. The molecule has 0 saturated carbocycles. The van der Waals surface area contributed by atoms with E-state index < -0.39 is 14.4 Å². The van der Waals surface area contributed by atoms with Crippen LogP contribution in [0.4, 0.5) is 0 Å². The summed E-state index contributed by atoms with van der Waals surface area (Å²) >= 11 is 0. The Kier molecular flexibility index (Phi) is 5.98. The monoisotopic (exact) mass is 302 g/mol. The largest absolute Gasteiger partial charge is 0.414 e. The van der Waals surface area contributed by atoms with E-state index in [9.17, 15) is 5.11 Å². The Hall–Kier alpha value is -0.203. The molecule has 0 aromatic heterocycles. The molecule has 0 saturated heterocycles. The molecule has 0 radical (unpaired) electrons. The maximum Gasteiger partial charge on any atom is 0.192 e. The summed E-state index contributed by atoms with van der Waals surface area (Å²) in [7, 11) is -0.190. The quantitative estimate of drug-likeness (QED) is 0.626. The summed E-state index contributed by atoms with van der Waals surface area (Å²) in [6, 6.07) is 0. The second-order valence-corrected chi connectivity index (χ2v) is 11.8. The Morgan fingerprint density at radius 2 is 1.90 bits per heavy atom. The van der Waals surface area contributed by atoms with Gasteiger partial charge in [-0.05, 0) is 31.1 Å². The van der Waals surface area contributed by atoms with E-state index in [1.165, 1.54) is 0 Å². The van der Waals surface area contributed by atoms with E-state index in [0.717, 1.165) is 0 Å². The lowest BCUT2D eigenvalue weighted by Gasteiger charge is -2.39. The molecule has 0 aromatic rings. The third-order valence-corrected chi connectivity index (χ3v) is 8.86. The Morgan fingerprint density at radius 1 is 1.30 bits per heavy atom. The van der Waals surface area contributed by atoms with Crippen molar-refractivity contribution in [3.63, 3.8) is 0 Å². The van der Waals surface area contributed by atoms with Crippen molar-refractivity contribution in [2.45, 2.75) is 76.8 Å². The molecule has 1 aliphatic heterocycles. The lowest BCUT2D eigenvalue weighted by Crippen LogP contribution is -2.45. The van der Waals surface area contributed by atoms with Crippen LogP contribution in [-0.4, -0.2) is 45.1 Å². The average Bonchev–Trinajstić information content (AvgIpc) is 2.29. The van der Waals surface area contributed by atoms with E-state index in [-0.39, 0.29) is 23.5 Å². The summed E-state index contributed by atoms with van der Waals surface area (Å²) in [4.78, 5) is 0. The Bertz CT molecular complexity index is 335. The predicted octanol–water partition coefficient (Wildman–Crippen LogP) is 3.08. The van der Waals surface area contributed by atoms with Crippen LogP contribution < -0.4 is 0 Å². The molecular weight excluding hydrogens is 272 g/mol. The maximum absolute atomic E-state index is 9.98. The SMILES string of the molecule is COC1C=C[C@H](O)[C@H](C[C@H](C)O[Si](C)(C)C(C)(C)C)O1. The Balaban J connectivity index is 2.58. The lowest BCUT2D eigenvalue weighted by atomic mass is 10.1. The molecule has 0 aliphatic carbocycles. The van der Waals surface area contributed by atoms with Gasteiger partial charge in [0.15, 0.2) is 14.6 Å². The number of hydrogen-bond acceptors (Lipinski definition) is 4. The minimum Gasteiger partial charge on any atom is -0.414 e. The molecule has 20 heavy (non-hydrogen) atoms. The van der Waals surface area contributed by atoms with Gasteiger partial charge in [0, 0.05) is 19.6 Å². The first-order valence-corrected chi connectivity index (χ1v) is 10.2. The van der Waals surface area contributed by atoms with E-state index in [1.54, 1.807) is 19.3 Å². The summed E-state index contributed by atoms with van der Waals surface area (Å²) in [6.07, 6.45) is 2.96. The topological polar surface area (TPSA) is 47.9 Å². The minimum absolute atomic E-state index is 0.0551. The first-order chi connectivity index (χ1) is 9.06. The zero-order chi connectivity index (χ0) is 15.6. The second-order valence-electron chi connectivity index (χ2n) is 7.08. The molecule has 1 rings (SSSR count). The zero-order valence-corrected chi connectivity index (χ0v) is 14.8. The molecule has 1 unspecified atom stereocenters. The van der Waals surface area contributed by atoms with Crippen LogP contribution in [0.3, 0.4) is 0 Å². The van der Waals surface area contributed by atoms with Crippen LogP contribution in [0.25, 0.3) is 0 Å². The molecule has 1 heterocycles. The van der Waals surface area contributed by atoms with Crippen molar-refractivity contribution < 1.29 is 19.0 Å². The number of aliphatic hydroxyl groups is 1. The van der Waals surface area contributed by atoms with Gasteiger partial charge >= 0.3 is 0 Å². The van der Waals surface area contributed by atoms with E-state index in [0.29, 0.717) is 6.42 Å². The van der Waals surface area contributed by atoms with Crippen molar-refractivity contribution in [2.24, 2.45) is 0 Å². The van der Waals surface area contributed by atoms with Crippen molar-refractivity contribution in [3.05, 3.63) is 12.2 Å². The van der Waals surface area contributed by atoms with E-state index in [1.807, 2.05) is 0 Å². The van der Waals surface area contributed by atoms with E-state index in [2.05, 4.69) is 40.8 Å². The van der Waals surface area contributed by atoms with Gasteiger partial charge in [-0.1, -0.05) is 26.8 Å². The molecular formula is C15H30O4Si. The van der Waals surface area contributed by atoms with Crippen molar-refractivity contribution in [2.75, 3.05) is 7.11 Å². The highest BCUT2D eigenvalue weighted by molar-refractivity contribution is 6.74.